The van der Waals surface area contributed by atoms with E-state index in [1.54, 1.807) is 10.7 Å². The summed E-state index contributed by atoms with van der Waals surface area (Å²) in [5.74, 6) is 0.0192. The number of fused-ring (bicyclic) bond motifs is 1. The van der Waals surface area contributed by atoms with Gasteiger partial charge in [-0.3, -0.25) is 4.79 Å². The van der Waals surface area contributed by atoms with Crippen molar-refractivity contribution in [1.82, 2.24) is 19.8 Å². The number of aryl methyl sites for hydroxylation is 1. The Morgan fingerprint density at radius 1 is 1.46 bits per heavy atom. The first-order valence-corrected chi connectivity index (χ1v) is 8.71. The summed E-state index contributed by atoms with van der Waals surface area (Å²) in [6.45, 7) is 5.00. The van der Waals surface area contributed by atoms with Crippen LogP contribution in [0.5, 0.6) is 0 Å². The number of aromatic nitrogens is 2. The number of hydrogen-bond acceptors (Lipinski definition) is 4. The summed E-state index contributed by atoms with van der Waals surface area (Å²) in [5, 5.41) is 18.2. The van der Waals surface area contributed by atoms with E-state index in [1.807, 2.05) is 30.2 Å². The van der Waals surface area contributed by atoms with Crippen molar-refractivity contribution in [3.63, 3.8) is 0 Å². The highest BCUT2D eigenvalue weighted by Gasteiger charge is 2.44. The minimum atomic E-state index is -0.332. The van der Waals surface area contributed by atoms with Gasteiger partial charge in [-0.05, 0) is 44.4 Å². The second kappa shape index (κ2) is 5.86. The van der Waals surface area contributed by atoms with E-state index in [2.05, 4.69) is 10.4 Å². The molecule has 2 aliphatic rings. The van der Waals surface area contributed by atoms with Crippen molar-refractivity contribution in [2.75, 3.05) is 26.2 Å². The Labute approximate surface area is 141 Å². The molecule has 0 radical (unpaired) electrons. The van der Waals surface area contributed by atoms with Crippen LogP contribution in [0.2, 0.25) is 0 Å². The van der Waals surface area contributed by atoms with Gasteiger partial charge in [0.05, 0.1) is 23.4 Å². The molecule has 2 aromatic rings. The summed E-state index contributed by atoms with van der Waals surface area (Å²) in [4.78, 5) is 15.0. The zero-order chi connectivity index (χ0) is 16.7. The number of nitrogens with zero attached hydrogens (tertiary/aromatic N) is 3. The van der Waals surface area contributed by atoms with Gasteiger partial charge in [-0.15, -0.1) is 0 Å². The number of rotatable bonds is 1. The lowest BCUT2D eigenvalue weighted by Crippen LogP contribution is -2.58. The van der Waals surface area contributed by atoms with Crippen molar-refractivity contribution >= 4 is 11.4 Å². The lowest BCUT2D eigenvalue weighted by molar-refractivity contribution is -0.0432. The maximum Gasteiger partial charge on any atom is 0.257 e. The van der Waals surface area contributed by atoms with Crippen LogP contribution < -0.4 is 5.32 Å². The van der Waals surface area contributed by atoms with Crippen LogP contribution in [0.25, 0.3) is 5.52 Å². The maximum absolute atomic E-state index is 13.1. The van der Waals surface area contributed by atoms with Crippen LogP contribution in [-0.4, -0.2) is 57.8 Å². The molecule has 6 heteroatoms. The Kier molecular flexibility index (Phi) is 3.81. The monoisotopic (exact) mass is 328 g/mol. The van der Waals surface area contributed by atoms with Crippen molar-refractivity contribution in [2.45, 2.75) is 32.3 Å². The molecule has 0 aromatic carbocycles. The highest BCUT2D eigenvalue weighted by atomic mass is 16.3. The number of aliphatic hydroxyl groups excluding tert-OH is 1. The van der Waals surface area contributed by atoms with Gasteiger partial charge in [0.25, 0.3) is 5.91 Å². The molecule has 2 N–H and O–H groups in total. The van der Waals surface area contributed by atoms with Gasteiger partial charge < -0.3 is 15.3 Å². The van der Waals surface area contributed by atoms with E-state index in [4.69, 9.17) is 0 Å². The minimum Gasteiger partial charge on any atom is -0.392 e. The standard InChI is InChI=1S/C18H24N4O2/c1-13-3-4-15-14(9-20-22(15)10-13)17(24)21-8-2-6-18(12-21)11-19-7-5-16(18)23/h3-4,9-10,16,19,23H,2,5-8,11-12H2,1H3/t16-,18-/m0/s1. The summed E-state index contributed by atoms with van der Waals surface area (Å²) in [7, 11) is 0. The first-order valence-electron chi connectivity index (χ1n) is 8.71. The lowest BCUT2D eigenvalue weighted by Gasteiger charge is -2.48. The van der Waals surface area contributed by atoms with Gasteiger partial charge in [0, 0.05) is 31.2 Å². The molecule has 0 unspecified atom stereocenters. The highest BCUT2D eigenvalue weighted by molar-refractivity contribution is 6.00. The predicted octanol–water partition coefficient (Wildman–Crippen LogP) is 1.22. The van der Waals surface area contributed by atoms with Crippen LogP contribution in [-0.2, 0) is 0 Å². The number of likely N-dealkylation sites (tertiary alicyclic amines) is 1. The van der Waals surface area contributed by atoms with E-state index in [0.29, 0.717) is 12.1 Å². The van der Waals surface area contributed by atoms with E-state index in [-0.39, 0.29) is 17.4 Å². The fourth-order valence-electron chi connectivity index (χ4n) is 4.17. The molecule has 0 bridgehead atoms. The van der Waals surface area contributed by atoms with Crippen molar-refractivity contribution in [3.05, 3.63) is 35.7 Å². The third-order valence-corrected chi connectivity index (χ3v) is 5.57. The maximum atomic E-state index is 13.1. The molecule has 6 nitrogen and oxygen atoms in total. The fraction of sp³-hybridized carbons (Fsp3) is 0.556. The molecule has 1 amide bonds. The zero-order valence-electron chi connectivity index (χ0n) is 14.0. The predicted molar refractivity (Wildman–Crippen MR) is 91.0 cm³/mol. The molecular formula is C18H24N4O2. The van der Waals surface area contributed by atoms with Crippen LogP contribution >= 0.6 is 0 Å². The van der Waals surface area contributed by atoms with Crippen LogP contribution in [0.3, 0.4) is 0 Å². The van der Waals surface area contributed by atoms with Crippen molar-refractivity contribution < 1.29 is 9.90 Å². The molecule has 2 aliphatic heterocycles. The van der Waals surface area contributed by atoms with Crippen LogP contribution in [0, 0.1) is 12.3 Å². The summed E-state index contributed by atoms with van der Waals surface area (Å²) < 4.78 is 1.76. The second-order valence-electron chi connectivity index (χ2n) is 7.27. The van der Waals surface area contributed by atoms with E-state index in [9.17, 15) is 9.90 Å². The van der Waals surface area contributed by atoms with Gasteiger partial charge in [0.1, 0.15) is 0 Å². The Morgan fingerprint density at radius 3 is 3.17 bits per heavy atom. The van der Waals surface area contributed by atoms with E-state index in [0.717, 1.165) is 50.0 Å². The van der Waals surface area contributed by atoms with Crippen molar-refractivity contribution in [3.8, 4) is 0 Å². The number of carbonyl (C=O) groups is 1. The molecule has 0 aliphatic carbocycles. The highest BCUT2D eigenvalue weighted by Crippen LogP contribution is 2.36. The largest absolute Gasteiger partial charge is 0.392 e. The van der Waals surface area contributed by atoms with Crippen LogP contribution in [0.4, 0.5) is 0 Å². The van der Waals surface area contributed by atoms with Gasteiger partial charge in [-0.1, -0.05) is 6.07 Å². The zero-order valence-corrected chi connectivity index (χ0v) is 14.0. The summed E-state index contributed by atoms with van der Waals surface area (Å²) >= 11 is 0. The number of amides is 1. The quantitative estimate of drug-likeness (QED) is 0.826. The molecule has 4 heterocycles. The Morgan fingerprint density at radius 2 is 2.33 bits per heavy atom. The summed E-state index contributed by atoms with van der Waals surface area (Å²) in [5.41, 5.74) is 2.39. The van der Waals surface area contributed by atoms with Crippen LogP contribution in [0.15, 0.2) is 24.5 Å². The Bertz CT molecular complexity index is 767. The SMILES string of the molecule is Cc1ccc2c(C(=O)N3CCC[C@]4(CNCC[C@@H]4O)C3)cnn2c1. The van der Waals surface area contributed by atoms with Gasteiger partial charge in [0.2, 0.25) is 0 Å². The third kappa shape index (κ3) is 2.50. The molecule has 1 spiro atoms. The Hall–Kier alpha value is -1.92. The minimum absolute atomic E-state index is 0.0192. The smallest absolute Gasteiger partial charge is 0.257 e. The molecule has 2 fully saturated rings. The molecule has 24 heavy (non-hydrogen) atoms. The lowest BCUT2D eigenvalue weighted by atomic mass is 9.72. The number of piperidine rings is 2. The van der Waals surface area contributed by atoms with Gasteiger partial charge in [-0.2, -0.15) is 5.10 Å². The van der Waals surface area contributed by atoms with Gasteiger partial charge in [-0.25, -0.2) is 4.52 Å². The number of hydrogen-bond donors (Lipinski definition) is 2. The molecule has 2 atom stereocenters. The number of nitrogens with one attached hydrogen (secondary N) is 1. The third-order valence-electron chi connectivity index (χ3n) is 5.57. The molecule has 2 saturated heterocycles. The number of pyridine rings is 1. The van der Waals surface area contributed by atoms with E-state index < -0.39 is 0 Å². The molecule has 0 saturated carbocycles. The average molecular weight is 328 g/mol. The Balaban J connectivity index is 1.61. The topological polar surface area (TPSA) is 69.9 Å². The van der Waals surface area contributed by atoms with Gasteiger partial charge >= 0.3 is 0 Å². The fourth-order valence-corrected chi connectivity index (χ4v) is 4.17. The number of aliphatic hydroxyl groups is 1. The van der Waals surface area contributed by atoms with E-state index >= 15 is 0 Å². The number of carbonyl (C=O) groups excluding carboxylic acids is 1. The van der Waals surface area contributed by atoms with Crippen LogP contribution in [0.1, 0.15) is 35.2 Å². The first kappa shape index (κ1) is 15.6. The normalized spacial score (nSPS) is 27.8. The molecule has 128 valence electrons. The summed E-state index contributed by atoms with van der Waals surface area (Å²) in [6.07, 6.45) is 5.92. The summed E-state index contributed by atoms with van der Waals surface area (Å²) in [6, 6.07) is 3.95. The molecular weight excluding hydrogens is 304 g/mol. The van der Waals surface area contributed by atoms with Crippen molar-refractivity contribution in [2.24, 2.45) is 5.41 Å². The van der Waals surface area contributed by atoms with E-state index in [1.165, 1.54) is 0 Å². The molecule has 4 rings (SSSR count). The van der Waals surface area contributed by atoms with Crippen molar-refractivity contribution in [1.29, 1.82) is 0 Å². The average Bonchev–Trinajstić information content (AvgIpc) is 3.00. The first-order chi connectivity index (χ1) is 11.6. The molecule has 2 aromatic heterocycles. The van der Waals surface area contributed by atoms with Gasteiger partial charge in [0.15, 0.2) is 0 Å². The second-order valence-corrected chi connectivity index (χ2v) is 7.27.